The van der Waals surface area contributed by atoms with Crippen molar-refractivity contribution in [1.82, 2.24) is 4.98 Å². The van der Waals surface area contributed by atoms with Crippen molar-refractivity contribution in [3.05, 3.63) is 29.6 Å². The predicted octanol–water partition coefficient (Wildman–Crippen LogP) is 0.714. The van der Waals surface area contributed by atoms with Gasteiger partial charge in [0, 0.05) is 11.9 Å². The third kappa shape index (κ3) is 2.95. The first-order valence-corrected chi connectivity index (χ1v) is 4.41. The van der Waals surface area contributed by atoms with Gasteiger partial charge in [-0.25, -0.2) is 0 Å². The molecule has 0 saturated carbocycles. The van der Waals surface area contributed by atoms with Crippen LogP contribution in [0.5, 0.6) is 0 Å². The van der Waals surface area contributed by atoms with Gasteiger partial charge in [-0.2, -0.15) is 0 Å². The maximum Gasteiger partial charge on any atom is 0.152 e. The molecule has 0 saturated heterocycles. The number of aromatic nitrogens is 1. The fraction of sp³-hybridized carbons (Fsp3) is 0.400. The molecule has 0 aliphatic carbocycles. The largest absolute Gasteiger partial charge is 0.324 e. The van der Waals surface area contributed by atoms with Crippen LogP contribution < -0.4 is 5.73 Å². The van der Waals surface area contributed by atoms with Gasteiger partial charge in [0.05, 0.1) is 13.0 Å². The zero-order valence-electron chi connectivity index (χ0n) is 7.79. The maximum absolute atomic E-state index is 11.0. The average molecular weight is 178 g/mol. The fourth-order valence-electron chi connectivity index (χ4n) is 1.12. The van der Waals surface area contributed by atoms with Crippen molar-refractivity contribution in [1.29, 1.82) is 0 Å². The lowest BCUT2D eigenvalue weighted by atomic mass is 10.1. The Morgan fingerprint density at radius 2 is 2.38 bits per heavy atom. The minimum absolute atomic E-state index is 0.0285. The molecule has 0 aliphatic heterocycles. The van der Waals surface area contributed by atoms with Crippen LogP contribution in [-0.2, 0) is 17.6 Å². The molecule has 0 unspecified atom stereocenters. The van der Waals surface area contributed by atoms with E-state index in [2.05, 4.69) is 11.9 Å². The highest BCUT2D eigenvalue weighted by Gasteiger charge is 2.02. The van der Waals surface area contributed by atoms with Crippen molar-refractivity contribution in [2.24, 2.45) is 5.73 Å². The first-order chi connectivity index (χ1) is 6.26. The molecule has 70 valence electrons. The number of Topliss-reactive ketones (excluding diaryl/α,β-unsaturated/α-hetero) is 1. The molecule has 1 rings (SSSR count). The monoisotopic (exact) mass is 178 g/mol. The van der Waals surface area contributed by atoms with Crippen LogP contribution >= 0.6 is 0 Å². The number of hydrogen-bond acceptors (Lipinski definition) is 3. The Morgan fingerprint density at radius 1 is 1.62 bits per heavy atom. The summed E-state index contributed by atoms with van der Waals surface area (Å²) in [6, 6.07) is 3.91. The number of nitrogens with two attached hydrogens (primary N) is 1. The summed E-state index contributed by atoms with van der Waals surface area (Å²) in [5.74, 6) is 0.0285. The van der Waals surface area contributed by atoms with Gasteiger partial charge in [0.15, 0.2) is 5.78 Å². The Balaban J connectivity index is 2.71. The van der Waals surface area contributed by atoms with Crippen molar-refractivity contribution in [3.8, 4) is 0 Å². The van der Waals surface area contributed by atoms with Gasteiger partial charge in [-0.1, -0.05) is 6.92 Å². The van der Waals surface area contributed by atoms with Gasteiger partial charge in [0.25, 0.3) is 0 Å². The topological polar surface area (TPSA) is 56.0 Å². The highest BCUT2D eigenvalue weighted by molar-refractivity contribution is 5.82. The summed E-state index contributed by atoms with van der Waals surface area (Å²) < 4.78 is 0. The van der Waals surface area contributed by atoms with Gasteiger partial charge in [-0.15, -0.1) is 0 Å². The van der Waals surface area contributed by atoms with Crippen molar-refractivity contribution in [2.45, 2.75) is 19.8 Å². The van der Waals surface area contributed by atoms with E-state index >= 15 is 0 Å². The van der Waals surface area contributed by atoms with E-state index in [1.165, 1.54) is 5.56 Å². The molecular formula is C10H14N2O. The molecule has 0 aliphatic rings. The fourth-order valence-corrected chi connectivity index (χ4v) is 1.12. The summed E-state index contributed by atoms with van der Waals surface area (Å²) in [5.41, 5.74) is 7.23. The van der Waals surface area contributed by atoms with Crippen molar-refractivity contribution < 1.29 is 4.79 Å². The van der Waals surface area contributed by atoms with E-state index in [1.807, 2.05) is 12.1 Å². The van der Waals surface area contributed by atoms with E-state index in [4.69, 9.17) is 5.73 Å². The molecule has 1 heterocycles. The second-order valence-corrected chi connectivity index (χ2v) is 2.93. The van der Waals surface area contributed by atoms with Gasteiger partial charge in [0.2, 0.25) is 0 Å². The number of nitrogens with zero attached hydrogens (tertiary/aromatic N) is 1. The maximum atomic E-state index is 11.0. The second-order valence-electron chi connectivity index (χ2n) is 2.93. The number of rotatable bonds is 4. The van der Waals surface area contributed by atoms with E-state index < -0.39 is 0 Å². The summed E-state index contributed by atoms with van der Waals surface area (Å²) in [6.45, 7) is 2.17. The second kappa shape index (κ2) is 4.72. The molecule has 0 atom stereocenters. The van der Waals surface area contributed by atoms with Crippen molar-refractivity contribution >= 4 is 5.78 Å². The highest BCUT2D eigenvalue weighted by Crippen LogP contribution is 2.03. The van der Waals surface area contributed by atoms with Gasteiger partial charge in [0.1, 0.15) is 0 Å². The van der Waals surface area contributed by atoms with Gasteiger partial charge < -0.3 is 5.73 Å². The molecule has 1 aromatic rings. The Labute approximate surface area is 78.0 Å². The summed E-state index contributed by atoms with van der Waals surface area (Å²) in [7, 11) is 0. The molecule has 3 heteroatoms. The van der Waals surface area contributed by atoms with E-state index in [0.717, 1.165) is 12.1 Å². The molecule has 0 fully saturated rings. The molecular weight excluding hydrogens is 164 g/mol. The van der Waals surface area contributed by atoms with Crippen molar-refractivity contribution in [2.75, 3.05) is 6.54 Å². The zero-order valence-corrected chi connectivity index (χ0v) is 7.79. The predicted molar refractivity (Wildman–Crippen MR) is 51.4 cm³/mol. The molecule has 0 amide bonds. The van der Waals surface area contributed by atoms with Crippen LogP contribution in [-0.4, -0.2) is 17.3 Å². The standard InChI is InChI=1S/C10H14N2O/c1-2-8-3-4-12-9(5-8)6-10(13)7-11/h3-5H,2,6-7,11H2,1H3. The van der Waals surface area contributed by atoms with Gasteiger partial charge in [-0.3, -0.25) is 9.78 Å². The highest BCUT2D eigenvalue weighted by atomic mass is 16.1. The van der Waals surface area contributed by atoms with Crippen LogP contribution in [0.25, 0.3) is 0 Å². The van der Waals surface area contributed by atoms with Crippen LogP contribution in [0.2, 0.25) is 0 Å². The lowest BCUT2D eigenvalue weighted by Crippen LogP contribution is -2.16. The molecule has 0 radical (unpaired) electrons. The normalized spacial score (nSPS) is 10.0. The smallest absolute Gasteiger partial charge is 0.152 e. The number of carbonyl (C=O) groups is 1. The summed E-state index contributed by atoms with van der Waals surface area (Å²) in [4.78, 5) is 15.1. The summed E-state index contributed by atoms with van der Waals surface area (Å²) >= 11 is 0. The van der Waals surface area contributed by atoms with Gasteiger partial charge >= 0.3 is 0 Å². The quantitative estimate of drug-likeness (QED) is 0.739. The lowest BCUT2D eigenvalue weighted by Gasteiger charge is -2.00. The minimum atomic E-state index is 0.0285. The number of hydrogen-bond donors (Lipinski definition) is 1. The Bertz CT molecular complexity index is 297. The van der Waals surface area contributed by atoms with Crippen LogP contribution in [0.4, 0.5) is 0 Å². The van der Waals surface area contributed by atoms with E-state index in [1.54, 1.807) is 6.20 Å². The van der Waals surface area contributed by atoms with Crippen LogP contribution in [0.3, 0.4) is 0 Å². The molecule has 3 nitrogen and oxygen atoms in total. The number of pyridine rings is 1. The third-order valence-corrected chi connectivity index (χ3v) is 1.90. The van der Waals surface area contributed by atoms with Crippen molar-refractivity contribution in [3.63, 3.8) is 0 Å². The van der Waals surface area contributed by atoms with Gasteiger partial charge in [-0.05, 0) is 24.1 Å². The first-order valence-electron chi connectivity index (χ1n) is 4.41. The molecule has 0 bridgehead atoms. The van der Waals surface area contributed by atoms with E-state index in [-0.39, 0.29) is 12.3 Å². The molecule has 0 spiro atoms. The Hall–Kier alpha value is -1.22. The molecule has 1 aromatic heterocycles. The molecule has 13 heavy (non-hydrogen) atoms. The summed E-state index contributed by atoms with van der Waals surface area (Å²) in [6.07, 6.45) is 3.05. The average Bonchev–Trinajstić information content (AvgIpc) is 2.18. The molecule has 2 N–H and O–H groups in total. The van der Waals surface area contributed by atoms with E-state index in [9.17, 15) is 4.79 Å². The number of carbonyl (C=O) groups excluding carboxylic acids is 1. The zero-order chi connectivity index (χ0) is 9.68. The van der Waals surface area contributed by atoms with Crippen LogP contribution in [0.15, 0.2) is 18.3 Å². The third-order valence-electron chi connectivity index (χ3n) is 1.90. The first kappa shape index (κ1) is 9.86. The molecule has 0 aromatic carbocycles. The number of aryl methyl sites for hydroxylation is 1. The Morgan fingerprint density at radius 3 is 3.00 bits per heavy atom. The minimum Gasteiger partial charge on any atom is -0.324 e. The SMILES string of the molecule is CCc1ccnc(CC(=O)CN)c1. The lowest BCUT2D eigenvalue weighted by molar-refractivity contribution is -0.117. The van der Waals surface area contributed by atoms with Crippen LogP contribution in [0.1, 0.15) is 18.2 Å². The number of ketones is 1. The Kier molecular flexibility index (Phi) is 3.58. The van der Waals surface area contributed by atoms with E-state index in [0.29, 0.717) is 6.42 Å². The summed E-state index contributed by atoms with van der Waals surface area (Å²) in [5, 5.41) is 0. The van der Waals surface area contributed by atoms with Crippen LogP contribution in [0, 0.1) is 0 Å².